The van der Waals surface area contributed by atoms with Gasteiger partial charge in [-0.15, -0.1) is 0 Å². The van der Waals surface area contributed by atoms with Gasteiger partial charge in [0.05, 0.1) is 29.1 Å². The lowest BCUT2D eigenvalue weighted by Gasteiger charge is -2.37. The highest BCUT2D eigenvalue weighted by molar-refractivity contribution is 6.17. The van der Waals surface area contributed by atoms with Gasteiger partial charge in [0.2, 0.25) is 0 Å². The number of rotatable bonds is 1. The predicted molar refractivity (Wildman–Crippen MR) is 128 cm³/mol. The van der Waals surface area contributed by atoms with Crippen LogP contribution in [0.3, 0.4) is 0 Å². The summed E-state index contributed by atoms with van der Waals surface area (Å²) < 4.78 is 1.82. The number of nitrogens with zero attached hydrogens (tertiary/aromatic N) is 5. The molecular weight excluding hydrogens is 414 g/mol. The first-order chi connectivity index (χ1) is 16.0. The van der Waals surface area contributed by atoms with Crippen molar-refractivity contribution in [3.8, 4) is 11.1 Å². The summed E-state index contributed by atoms with van der Waals surface area (Å²) in [7, 11) is 1.91. The minimum absolute atomic E-state index is 0.0412. The van der Waals surface area contributed by atoms with Gasteiger partial charge in [0, 0.05) is 55.2 Å². The summed E-state index contributed by atoms with van der Waals surface area (Å²) in [6.45, 7) is 7.19. The molecule has 0 spiro atoms. The lowest BCUT2D eigenvalue weighted by Crippen LogP contribution is -2.49. The number of aromatic amines is 1. The van der Waals surface area contributed by atoms with Gasteiger partial charge < -0.3 is 15.2 Å². The molecular formula is C25H25N7O. The minimum Gasteiger partial charge on any atom is -0.369 e. The third-order valence-electron chi connectivity index (χ3n) is 7.50. The molecule has 0 aliphatic carbocycles. The monoisotopic (exact) mass is 439 g/mol. The first-order valence-electron chi connectivity index (χ1n) is 11.5. The van der Waals surface area contributed by atoms with Gasteiger partial charge in [0.15, 0.2) is 5.69 Å². The first kappa shape index (κ1) is 18.9. The van der Waals surface area contributed by atoms with Crippen LogP contribution in [0.1, 0.15) is 40.3 Å². The van der Waals surface area contributed by atoms with Crippen LogP contribution in [0.5, 0.6) is 0 Å². The zero-order valence-electron chi connectivity index (χ0n) is 18.9. The average molecular weight is 440 g/mol. The highest BCUT2D eigenvalue weighted by atomic mass is 16.2. The number of H-pyrrole nitrogens is 1. The van der Waals surface area contributed by atoms with E-state index in [2.05, 4.69) is 50.4 Å². The summed E-state index contributed by atoms with van der Waals surface area (Å²) in [6, 6.07) is 11.1. The molecule has 7 rings (SSSR count). The standard InChI is InChI=1S/C25H25N7O/c1-13-11-31(9-8-26-13)15-4-5-16-17(10-15)21-19(7-6-18-22(21)28-12-27-18)32-24(16)20-14(2)30(3)29-23(20)25(32)33/h4-7,10,12-13,24,26H,8-9,11H2,1-3H3,(H,27,28). The number of hydrogen-bond donors (Lipinski definition) is 2. The Hall–Kier alpha value is -3.65. The van der Waals surface area contributed by atoms with Gasteiger partial charge in [-0.2, -0.15) is 5.10 Å². The molecule has 2 aromatic heterocycles. The van der Waals surface area contributed by atoms with Crippen LogP contribution < -0.4 is 15.1 Å². The van der Waals surface area contributed by atoms with Crippen molar-refractivity contribution in [1.82, 2.24) is 25.1 Å². The summed E-state index contributed by atoms with van der Waals surface area (Å²) in [5, 5.41) is 8.11. The average Bonchev–Trinajstić information content (AvgIpc) is 3.49. The van der Waals surface area contributed by atoms with E-state index in [1.165, 1.54) is 5.69 Å². The molecule has 0 saturated carbocycles. The van der Waals surface area contributed by atoms with Crippen molar-refractivity contribution in [3.05, 3.63) is 59.2 Å². The van der Waals surface area contributed by atoms with Gasteiger partial charge in [-0.1, -0.05) is 6.07 Å². The van der Waals surface area contributed by atoms with Crippen LogP contribution in [-0.4, -0.2) is 51.3 Å². The fourth-order valence-electron chi connectivity index (χ4n) is 5.84. The molecule has 2 atom stereocenters. The Morgan fingerprint density at radius 3 is 2.91 bits per heavy atom. The molecule has 2 unspecified atom stereocenters. The highest BCUT2D eigenvalue weighted by Crippen LogP contribution is 2.54. The fraction of sp³-hybridized carbons (Fsp3) is 0.320. The molecule has 2 N–H and O–H groups in total. The second-order valence-corrected chi connectivity index (χ2v) is 9.38. The van der Waals surface area contributed by atoms with E-state index in [4.69, 9.17) is 0 Å². The molecule has 1 fully saturated rings. The van der Waals surface area contributed by atoms with Crippen LogP contribution in [0, 0.1) is 6.92 Å². The van der Waals surface area contributed by atoms with E-state index >= 15 is 0 Å². The van der Waals surface area contributed by atoms with Crippen molar-refractivity contribution in [2.24, 2.45) is 7.05 Å². The number of piperazine rings is 1. The molecule has 2 aromatic carbocycles. The molecule has 8 nitrogen and oxygen atoms in total. The zero-order chi connectivity index (χ0) is 22.4. The Morgan fingerprint density at radius 1 is 1.18 bits per heavy atom. The van der Waals surface area contributed by atoms with Gasteiger partial charge in [0.1, 0.15) is 0 Å². The minimum atomic E-state index is -0.170. The Balaban J connectivity index is 1.51. The van der Waals surface area contributed by atoms with Gasteiger partial charge >= 0.3 is 0 Å². The molecule has 166 valence electrons. The second-order valence-electron chi connectivity index (χ2n) is 9.38. The number of nitrogens with one attached hydrogen (secondary N) is 2. The zero-order valence-corrected chi connectivity index (χ0v) is 18.9. The highest BCUT2D eigenvalue weighted by Gasteiger charge is 2.47. The second kappa shape index (κ2) is 6.45. The number of aryl methyl sites for hydroxylation is 1. The molecule has 1 amide bonds. The number of imidazole rings is 1. The summed E-state index contributed by atoms with van der Waals surface area (Å²) >= 11 is 0. The van der Waals surface area contributed by atoms with Gasteiger partial charge in [0.25, 0.3) is 5.91 Å². The number of carbonyl (C=O) groups excluding carboxylic acids is 1. The van der Waals surface area contributed by atoms with Crippen LogP contribution in [0.2, 0.25) is 0 Å². The summed E-state index contributed by atoms with van der Waals surface area (Å²) in [4.78, 5) is 25.9. The number of aromatic nitrogens is 4. The van der Waals surface area contributed by atoms with Crippen molar-refractivity contribution in [2.75, 3.05) is 29.4 Å². The molecule has 33 heavy (non-hydrogen) atoms. The SMILES string of the molecule is Cc1c2c(nn1C)C(=O)N1c3ccc4[nH]cnc4c3-c3cc(N4CCNC(C)C4)ccc3C21. The van der Waals surface area contributed by atoms with Gasteiger partial charge in [-0.25, -0.2) is 4.98 Å². The fourth-order valence-corrected chi connectivity index (χ4v) is 5.84. The van der Waals surface area contributed by atoms with Crippen molar-refractivity contribution in [1.29, 1.82) is 0 Å². The molecule has 1 saturated heterocycles. The Morgan fingerprint density at radius 2 is 2.06 bits per heavy atom. The summed E-state index contributed by atoms with van der Waals surface area (Å²) in [5.41, 5.74) is 9.88. The van der Waals surface area contributed by atoms with Crippen molar-refractivity contribution < 1.29 is 4.79 Å². The van der Waals surface area contributed by atoms with Crippen molar-refractivity contribution in [3.63, 3.8) is 0 Å². The first-order valence-corrected chi connectivity index (χ1v) is 11.5. The van der Waals surface area contributed by atoms with E-state index < -0.39 is 0 Å². The van der Waals surface area contributed by atoms with Crippen LogP contribution in [0.4, 0.5) is 11.4 Å². The maximum Gasteiger partial charge on any atom is 0.280 e. The van der Waals surface area contributed by atoms with Crippen molar-refractivity contribution >= 4 is 28.3 Å². The number of fused-ring (bicyclic) bond motifs is 10. The lowest BCUT2D eigenvalue weighted by molar-refractivity contribution is 0.0987. The Bertz CT molecular complexity index is 1470. The smallest absolute Gasteiger partial charge is 0.280 e. The number of anilines is 2. The third kappa shape index (κ3) is 2.41. The van der Waals surface area contributed by atoms with E-state index in [-0.39, 0.29) is 11.9 Å². The molecule has 0 bridgehead atoms. The molecule has 8 heteroatoms. The largest absolute Gasteiger partial charge is 0.369 e. The maximum absolute atomic E-state index is 13.6. The van der Waals surface area contributed by atoms with E-state index in [0.29, 0.717) is 11.7 Å². The van der Waals surface area contributed by atoms with E-state index in [1.54, 1.807) is 6.33 Å². The normalized spacial score (nSPS) is 21.2. The molecule has 3 aliphatic rings. The Kier molecular flexibility index (Phi) is 3.69. The van der Waals surface area contributed by atoms with Crippen molar-refractivity contribution in [2.45, 2.75) is 25.9 Å². The lowest BCUT2D eigenvalue weighted by atomic mass is 9.85. The summed E-state index contributed by atoms with van der Waals surface area (Å²) in [5.74, 6) is -0.0412. The van der Waals surface area contributed by atoms with Gasteiger partial charge in [-0.3, -0.25) is 14.4 Å². The summed E-state index contributed by atoms with van der Waals surface area (Å²) in [6.07, 6.45) is 1.73. The molecule has 3 aliphatic heterocycles. The van der Waals surface area contributed by atoms with E-state index in [0.717, 1.165) is 64.3 Å². The third-order valence-corrected chi connectivity index (χ3v) is 7.50. The molecule has 4 aromatic rings. The van der Waals surface area contributed by atoms with Gasteiger partial charge in [-0.05, 0) is 49.2 Å². The number of benzene rings is 2. The van der Waals surface area contributed by atoms with E-state index in [9.17, 15) is 4.79 Å². The van der Waals surface area contributed by atoms with Crippen LogP contribution in [0.15, 0.2) is 36.7 Å². The number of carbonyl (C=O) groups is 1. The van der Waals surface area contributed by atoms with Crippen LogP contribution in [-0.2, 0) is 7.05 Å². The predicted octanol–water partition coefficient (Wildman–Crippen LogP) is 3.13. The number of hydrogen-bond acceptors (Lipinski definition) is 5. The molecule has 0 radical (unpaired) electrons. The molecule has 5 heterocycles. The quantitative estimate of drug-likeness (QED) is 0.476. The van der Waals surface area contributed by atoms with Crippen LogP contribution in [0.25, 0.3) is 22.2 Å². The Labute approximate surface area is 191 Å². The topological polar surface area (TPSA) is 82.1 Å². The number of amides is 1. The maximum atomic E-state index is 13.6. The van der Waals surface area contributed by atoms with E-state index in [1.807, 2.05) is 35.7 Å². The van der Waals surface area contributed by atoms with Crippen LogP contribution >= 0.6 is 0 Å².